The maximum Gasteiger partial charge on any atom is 0.123 e. The molecule has 2 nitrogen and oxygen atoms in total. The van der Waals surface area contributed by atoms with Crippen LogP contribution < -0.4 is 11.3 Å². The number of aryl methyl sites for hydroxylation is 1. The molecule has 0 radical (unpaired) electrons. The topological polar surface area (TPSA) is 38.0 Å². The molecule has 0 aromatic heterocycles. The summed E-state index contributed by atoms with van der Waals surface area (Å²) in [6.07, 6.45) is 0.648. The van der Waals surface area contributed by atoms with Gasteiger partial charge in [0.05, 0.1) is 0 Å². The highest BCUT2D eigenvalue weighted by molar-refractivity contribution is 9.10. The van der Waals surface area contributed by atoms with Gasteiger partial charge in [-0.25, -0.2) is 4.39 Å². The van der Waals surface area contributed by atoms with Gasteiger partial charge in [-0.3, -0.25) is 11.3 Å². The minimum Gasteiger partial charge on any atom is -0.271 e. The van der Waals surface area contributed by atoms with Gasteiger partial charge in [0.1, 0.15) is 5.82 Å². The third-order valence-electron chi connectivity index (χ3n) is 3.11. The Morgan fingerprint density at radius 1 is 1.26 bits per heavy atom. The van der Waals surface area contributed by atoms with E-state index in [1.165, 1.54) is 12.1 Å². The van der Waals surface area contributed by atoms with Crippen LogP contribution >= 0.6 is 15.9 Å². The van der Waals surface area contributed by atoms with Crippen LogP contribution in [0.1, 0.15) is 22.7 Å². The molecule has 0 heterocycles. The van der Waals surface area contributed by atoms with Crippen molar-refractivity contribution >= 4 is 15.9 Å². The molecule has 100 valence electrons. The zero-order valence-corrected chi connectivity index (χ0v) is 12.2. The first-order chi connectivity index (χ1) is 9.10. The standard InChI is InChI=1S/C15H16BrFN2/c1-10-7-12(5-6-14(10)16)15(19-18)9-11-3-2-4-13(17)8-11/h2-8,15,19H,9,18H2,1H3. The summed E-state index contributed by atoms with van der Waals surface area (Å²) in [5, 5.41) is 0. The maximum absolute atomic E-state index is 13.2. The highest BCUT2D eigenvalue weighted by Crippen LogP contribution is 2.23. The first-order valence-electron chi connectivity index (χ1n) is 6.07. The molecule has 0 aliphatic heterocycles. The van der Waals surface area contributed by atoms with Gasteiger partial charge in [-0.2, -0.15) is 0 Å². The largest absolute Gasteiger partial charge is 0.271 e. The van der Waals surface area contributed by atoms with Gasteiger partial charge in [0, 0.05) is 10.5 Å². The molecule has 0 saturated heterocycles. The Labute approximate surface area is 120 Å². The van der Waals surface area contributed by atoms with Crippen LogP contribution in [0, 0.1) is 12.7 Å². The van der Waals surface area contributed by atoms with Crippen molar-refractivity contribution in [3.63, 3.8) is 0 Å². The number of nitrogens with two attached hydrogens (primary N) is 1. The van der Waals surface area contributed by atoms with E-state index in [0.29, 0.717) is 6.42 Å². The molecule has 0 aliphatic rings. The second-order valence-electron chi connectivity index (χ2n) is 4.56. The van der Waals surface area contributed by atoms with Gasteiger partial charge >= 0.3 is 0 Å². The lowest BCUT2D eigenvalue weighted by Gasteiger charge is -2.17. The first kappa shape index (κ1) is 14.2. The van der Waals surface area contributed by atoms with Gasteiger partial charge in [-0.05, 0) is 48.2 Å². The Balaban J connectivity index is 2.22. The minimum absolute atomic E-state index is 0.0337. The van der Waals surface area contributed by atoms with Gasteiger partial charge < -0.3 is 0 Å². The van der Waals surface area contributed by atoms with E-state index in [0.717, 1.165) is 21.2 Å². The lowest BCUT2D eigenvalue weighted by molar-refractivity contribution is 0.548. The molecule has 4 heteroatoms. The molecule has 1 atom stereocenters. The second-order valence-corrected chi connectivity index (χ2v) is 5.42. The van der Waals surface area contributed by atoms with Crippen LogP contribution in [0.5, 0.6) is 0 Å². The molecule has 1 unspecified atom stereocenters. The van der Waals surface area contributed by atoms with Crippen molar-refractivity contribution in [2.45, 2.75) is 19.4 Å². The van der Waals surface area contributed by atoms with Crippen LogP contribution in [-0.2, 0) is 6.42 Å². The van der Waals surface area contributed by atoms with Crippen molar-refractivity contribution in [2.24, 2.45) is 5.84 Å². The minimum atomic E-state index is -0.222. The monoisotopic (exact) mass is 322 g/mol. The normalized spacial score (nSPS) is 12.4. The fourth-order valence-corrected chi connectivity index (χ4v) is 2.30. The quantitative estimate of drug-likeness (QED) is 0.666. The number of benzene rings is 2. The summed E-state index contributed by atoms with van der Waals surface area (Å²) in [5.41, 5.74) is 5.96. The van der Waals surface area contributed by atoms with Crippen LogP contribution in [0.3, 0.4) is 0 Å². The predicted octanol–water partition coefficient (Wildman–Crippen LogP) is 3.64. The molecular weight excluding hydrogens is 307 g/mol. The summed E-state index contributed by atoms with van der Waals surface area (Å²) < 4.78 is 14.3. The van der Waals surface area contributed by atoms with Crippen molar-refractivity contribution in [3.8, 4) is 0 Å². The number of nitrogens with one attached hydrogen (secondary N) is 1. The van der Waals surface area contributed by atoms with E-state index in [-0.39, 0.29) is 11.9 Å². The molecule has 19 heavy (non-hydrogen) atoms. The van der Waals surface area contributed by atoms with Crippen molar-refractivity contribution < 1.29 is 4.39 Å². The Kier molecular flexibility index (Phi) is 4.69. The third kappa shape index (κ3) is 3.62. The molecule has 3 N–H and O–H groups in total. The molecule has 0 fully saturated rings. The number of hydrogen-bond acceptors (Lipinski definition) is 2. The van der Waals surface area contributed by atoms with Crippen molar-refractivity contribution in [1.82, 2.24) is 5.43 Å². The Hall–Kier alpha value is -1.23. The summed E-state index contributed by atoms with van der Waals surface area (Å²) in [6.45, 7) is 2.03. The van der Waals surface area contributed by atoms with E-state index in [9.17, 15) is 4.39 Å². The summed E-state index contributed by atoms with van der Waals surface area (Å²) in [5.74, 6) is 5.40. The van der Waals surface area contributed by atoms with E-state index in [1.807, 2.05) is 25.1 Å². The molecule has 0 amide bonds. The van der Waals surface area contributed by atoms with Gasteiger partial charge in [0.2, 0.25) is 0 Å². The lowest BCUT2D eigenvalue weighted by Crippen LogP contribution is -2.29. The Morgan fingerprint density at radius 2 is 2.05 bits per heavy atom. The fraction of sp³-hybridized carbons (Fsp3) is 0.200. The van der Waals surface area contributed by atoms with Crippen LogP contribution in [0.25, 0.3) is 0 Å². The highest BCUT2D eigenvalue weighted by Gasteiger charge is 2.12. The number of halogens is 2. The Morgan fingerprint density at radius 3 is 2.68 bits per heavy atom. The zero-order valence-electron chi connectivity index (χ0n) is 10.7. The third-order valence-corrected chi connectivity index (χ3v) is 4.00. The van der Waals surface area contributed by atoms with Gasteiger partial charge in [0.25, 0.3) is 0 Å². The van der Waals surface area contributed by atoms with Crippen LogP contribution in [-0.4, -0.2) is 0 Å². The average molecular weight is 323 g/mol. The van der Waals surface area contributed by atoms with E-state index >= 15 is 0 Å². The predicted molar refractivity (Wildman–Crippen MR) is 79.0 cm³/mol. The summed E-state index contributed by atoms with van der Waals surface area (Å²) >= 11 is 3.48. The van der Waals surface area contributed by atoms with E-state index in [1.54, 1.807) is 6.07 Å². The van der Waals surface area contributed by atoms with Crippen LogP contribution in [0.15, 0.2) is 46.9 Å². The maximum atomic E-state index is 13.2. The second kappa shape index (κ2) is 6.28. The lowest BCUT2D eigenvalue weighted by atomic mass is 9.98. The number of hydrogen-bond donors (Lipinski definition) is 2. The van der Waals surface area contributed by atoms with Gasteiger partial charge in [0.15, 0.2) is 0 Å². The Bertz CT molecular complexity index is 572. The van der Waals surface area contributed by atoms with Crippen LogP contribution in [0.4, 0.5) is 4.39 Å². The average Bonchev–Trinajstić information content (AvgIpc) is 2.39. The van der Waals surface area contributed by atoms with Crippen molar-refractivity contribution in [3.05, 3.63) is 69.4 Å². The molecule has 0 aliphatic carbocycles. The molecular formula is C15H16BrFN2. The zero-order chi connectivity index (χ0) is 13.8. The molecule has 0 bridgehead atoms. The van der Waals surface area contributed by atoms with Crippen LogP contribution in [0.2, 0.25) is 0 Å². The highest BCUT2D eigenvalue weighted by atomic mass is 79.9. The number of hydrazine groups is 1. The smallest absolute Gasteiger partial charge is 0.123 e. The summed E-state index contributed by atoms with van der Waals surface area (Å²) in [6, 6.07) is 12.7. The molecule has 0 saturated carbocycles. The number of rotatable bonds is 4. The summed E-state index contributed by atoms with van der Waals surface area (Å²) in [4.78, 5) is 0. The van der Waals surface area contributed by atoms with E-state index in [2.05, 4.69) is 27.4 Å². The van der Waals surface area contributed by atoms with Gasteiger partial charge in [-0.1, -0.05) is 40.2 Å². The SMILES string of the molecule is Cc1cc(C(Cc2cccc(F)c2)NN)ccc1Br. The first-order valence-corrected chi connectivity index (χ1v) is 6.86. The molecule has 2 rings (SSSR count). The molecule has 2 aromatic carbocycles. The molecule has 0 spiro atoms. The van der Waals surface area contributed by atoms with Crippen molar-refractivity contribution in [1.29, 1.82) is 0 Å². The van der Waals surface area contributed by atoms with Gasteiger partial charge in [-0.15, -0.1) is 0 Å². The summed E-state index contributed by atoms with van der Waals surface area (Å²) in [7, 11) is 0. The molecule has 2 aromatic rings. The van der Waals surface area contributed by atoms with E-state index in [4.69, 9.17) is 5.84 Å². The van der Waals surface area contributed by atoms with E-state index < -0.39 is 0 Å². The van der Waals surface area contributed by atoms with Crippen molar-refractivity contribution in [2.75, 3.05) is 0 Å². The fourth-order valence-electron chi connectivity index (χ4n) is 2.06.